The zero-order valence-electron chi connectivity index (χ0n) is 15.0. The summed E-state index contributed by atoms with van der Waals surface area (Å²) in [5.74, 6) is 1.95. The molecule has 24 heavy (non-hydrogen) atoms. The number of benzene rings is 1. The van der Waals surface area contributed by atoms with Gasteiger partial charge >= 0.3 is 0 Å². The van der Waals surface area contributed by atoms with E-state index in [-0.39, 0.29) is 12.5 Å². The van der Waals surface area contributed by atoms with Crippen LogP contribution in [0.3, 0.4) is 0 Å². The standard InChI is InChI=1S/C20H28N2O2/c1-15-9-17(13-20(2,3)12-15)11-19(23)22-14-16-5-4-6-18(10-16)24-8-7-21/h4-6,10,15,17H,8-9,11-14H2,1-3H3,(H,22,23). The smallest absolute Gasteiger partial charge is 0.220 e. The van der Waals surface area contributed by atoms with Crippen molar-refractivity contribution in [2.24, 2.45) is 17.3 Å². The van der Waals surface area contributed by atoms with E-state index in [2.05, 4.69) is 26.1 Å². The van der Waals surface area contributed by atoms with Crippen LogP contribution in [0.15, 0.2) is 24.3 Å². The Hall–Kier alpha value is -2.02. The molecular formula is C20H28N2O2. The molecule has 0 heterocycles. The molecule has 0 spiro atoms. The molecule has 1 aromatic rings. The number of ether oxygens (including phenoxy) is 1. The van der Waals surface area contributed by atoms with Crippen molar-refractivity contribution >= 4 is 5.91 Å². The molecule has 0 bridgehead atoms. The van der Waals surface area contributed by atoms with Gasteiger partial charge in [-0.05, 0) is 54.2 Å². The van der Waals surface area contributed by atoms with E-state index >= 15 is 0 Å². The van der Waals surface area contributed by atoms with Crippen LogP contribution in [0.25, 0.3) is 0 Å². The quantitative estimate of drug-likeness (QED) is 0.856. The van der Waals surface area contributed by atoms with Crippen molar-refractivity contribution < 1.29 is 9.53 Å². The fourth-order valence-electron chi connectivity index (χ4n) is 4.10. The van der Waals surface area contributed by atoms with Gasteiger partial charge in [-0.15, -0.1) is 0 Å². The predicted molar refractivity (Wildman–Crippen MR) is 94.3 cm³/mol. The summed E-state index contributed by atoms with van der Waals surface area (Å²) in [6.45, 7) is 7.43. The van der Waals surface area contributed by atoms with Gasteiger partial charge in [0, 0.05) is 13.0 Å². The zero-order chi connectivity index (χ0) is 17.6. The van der Waals surface area contributed by atoms with E-state index in [4.69, 9.17) is 10.00 Å². The number of hydrogen-bond donors (Lipinski definition) is 1. The molecule has 0 aliphatic heterocycles. The van der Waals surface area contributed by atoms with Crippen molar-refractivity contribution in [2.45, 2.75) is 53.0 Å². The summed E-state index contributed by atoms with van der Waals surface area (Å²) in [4.78, 5) is 12.3. The lowest BCUT2D eigenvalue weighted by Gasteiger charge is -2.38. The molecule has 0 saturated heterocycles. The third-order valence-electron chi connectivity index (χ3n) is 4.64. The molecule has 4 nitrogen and oxygen atoms in total. The van der Waals surface area contributed by atoms with Crippen molar-refractivity contribution in [3.05, 3.63) is 29.8 Å². The average molecular weight is 328 g/mol. The van der Waals surface area contributed by atoms with Crippen molar-refractivity contribution in [3.8, 4) is 11.8 Å². The van der Waals surface area contributed by atoms with E-state index in [1.165, 1.54) is 6.42 Å². The summed E-state index contributed by atoms with van der Waals surface area (Å²) in [7, 11) is 0. The van der Waals surface area contributed by atoms with Gasteiger partial charge in [-0.1, -0.05) is 32.9 Å². The molecular weight excluding hydrogens is 300 g/mol. The largest absolute Gasteiger partial charge is 0.479 e. The van der Waals surface area contributed by atoms with Crippen LogP contribution < -0.4 is 10.1 Å². The Balaban J connectivity index is 1.82. The summed E-state index contributed by atoms with van der Waals surface area (Å²) < 4.78 is 5.29. The number of carbonyl (C=O) groups is 1. The van der Waals surface area contributed by atoms with Crippen molar-refractivity contribution in [3.63, 3.8) is 0 Å². The second kappa shape index (κ2) is 8.19. The summed E-state index contributed by atoms with van der Waals surface area (Å²) in [6, 6.07) is 9.45. The van der Waals surface area contributed by atoms with Crippen molar-refractivity contribution in [1.82, 2.24) is 5.32 Å². The van der Waals surface area contributed by atoms with Crippen LogP contribution in [0.2, 0.25) is 0 Å². The van der Waals surface area contributed by atoms with E-state index in [0.29, 0.717) is 36.0 Å². The van der Waals surface area contributed by atoms with E-state index in [1.54, 1.807) is 0 Å². The van der Waals surface area contributed by atoms with Gasteiger partial charge in [0.25, 0.3) is 0 Å². The Bertz CT molecular complexity index is 604. The lowest BCUT2D eigenvalue weighted by molar-refractivity contribution is -0.122. The normalized spacial score (nSPS) is 22.4. The highest BCUT2D eigenvalue weighted by Gasteiger charge is 2.32. The van der Waals surface area contributed by atoms with E-state index in [0.717, 1.165) is 18.4 Å². The van der Waals surface area contributed by atoms with Gasteiger partial charge in [-0.3, -0.25) is 4.79 Å². The molecule has 1 saturated carbocycles. The maximum Gasteiger partial charge on any atom is 0.220 e. The first kappa shape index (κ1) is 18.3. The molecule has 2 atom stereocenters. The zero-order valence-corrected chi connectivity index (χ0v) is 15.0. The van der Waals surface area contributed by atoms with Crippen molar-refractivity contribution in [1.29, 1.82) is 5.26 Å². The molecule has 2 unspecified atom stereocenters. The Morgan fingerprint density at radius 2 is 2.21 bits per heavy atom. The summed E-state index contributed by atoms with van der Waals surface area (Å²) in [5, 5.41) is 11.6. The van der Waals surface area contributed by atoms with Crippen LogP contribution in [0.1, 0.15) is 52.0 Å². The Morgan fingerprint density at radius 1 is 1.42 bits per heavy atom. The van der Waals surface area contributed by atoms with Crippen LogP contribution >= 0.6 is 0 Å². The number of rotatable bonds is 6. The fraction of sp³-hybridized carbons (Fsp3) is 0.600. The molecule has 0 radical (unpaired) electrons. The lowest BCUT2D eigenvalue weighted by Crippen LogP contribution is -2.32. The van der Waals surface area contributed by atoms with Gasteiger partial charge in [-0.25, -0.2) is 0 Å². The molecule has 1 aliphatic rings. The van der Waals surface area contributed by atoms with E-state index < -0.39 is 0 Å². The van der Waals surface area contributed by atoms with E-state index in [9.17, 15) is 4.79 Å². The van der Waals surface area contributed by atoms with Gasteiger partial charge in [0.15, 0.2) is 6.61 Å². The molecule has 1 amide bonds. The van der Waals surface area contributed by atoms with Crippen LogP contribution in [-0.4, -0.2) is 12.5 Å². The third kappa shape index (κ3) is 5.88. The third-order valence-corrected chi connectivity index (χ3v) is 4.64. The summed E-state index contributed by atoms with van der Waals surface area (Å²) in [5.41, 5.74) is 1.32. The minimum atomic E-state index is 0.0332. The summed E-state index contributed by atoms with van der Waals surface area (Å²) in [6.07, 6.45) is 4.13. The second-order valence-corrected chi connectivity index (χ2v) is 7.85. The molecule has 1 aliphatic carbocycles. The predicted octanol–water partition coefficient (Wildman–Crippen LogP) is 4.06. The number of carbonyl (C=O) groups excluding carboxylic acids is 1. The minimum Gasteiger partial charge on any atom is -0.479 e. The number of hydrogen-bond acceptors (Lipinski definition) is 3. The molecule has 1 N–H and O–H groups in total. The lowest BCUT2D eigenvalue weighted by atomic mass is 9.67. The van der Waals surface area contributed by atoms with Gasteiger partial charge in [0.05, 0.1) is 0 Å². The molecule has 1 fully saturated rings. The van der Waals surface area contributed by atoms with Gasteiger partial charge in [0.2, 0.25) is 5.91 Å². The first-order valence-corrected chi connectivity index (χ1v) is 8.73. The van der Waals surface area contributed by atoms with Crippen LogP contribution in [0.4, 0.5) is 0 Å². The first-order chi connectivity index (χ1) is 11.4. The van der Waals surface area contributed by atoms with E-state index in [1.807, 2.05) is 30.3 Å². The maximum atomic E-state index is 12.3. The Morgan fingerprint density at radius 3 is 2.92 bits per heavy atom. The maximum absolute atomic E-state index is 12.3. The Labute approximate surface area is 145 Å². The molecule has 0 aromatic heterocycles. The van der Waals surface area contributed by atoms with Crippen LogP contribution in [-0.2, 0) is 11.3 Å². The highest BCUT2D eigenvalue weighted by Crippen LogP contribution is 2.42. The SMILES string of the molecule is CC1CC(CC(=O)NCc2cccc(OCC#N)c2)CC(C)(C)C1. The number of nitriles is 1. The molecule has 1 aromatic carbocycles. The molecule has 2 rings (SSSR count). The topological polar surface area (TPSA) is 62.1 Å². The number of nitrogens with one attached hydrogen (secondary N) is 1. The van der Waals surface area contributed by atoms with Gasteiger partial charge in [0.1, 0.15) is 11.8 Å². The molecule has 130 valence electrons. The highest BCUT2D eigenvalue weighted by molar-refractivity contribution is 5.76. The highest BCUT2D eigenvalue weighted by atomic mass is 16.5. The monoisotopic (exact) mass is 328 g/mol. The van der Waals surface area contributed by atoms with Gasteiger partial charge < -0.3 is 10.1 Å². The average Bonchev–Trinajstić information content (AvgIpc) is 2.49. The van der Waals surface area contributed by atoms with Crippen molar-refractivity contribution in [2.75, 3.05) is 6.61 Å². The molecule has 4 heteroatoms. The second-order valence-electron chi connectivity index (χ2n) is 7.85. The summed E-state index contributed by atoms with van der Waals surface area (Å²) >= 11 is 0. The minimum absolute atomic E-state index is 0.0332. The first-order valence-electron chi connectivity index (χ1n) is 8.73. The number of amides is 1. The Kier molecular flexibility index (Phi) is 6.25. The van der Waals surface area contributed by atoms with Gasteiger partial charge in [-0.2, -0.15) is 5.26 Å². The van der Waals surface area contributed by atoms with Crippen LogP contribution in [0, 0.1) is 28.6 Å². The van der Waals surface area contributed by atoms with Crippen LogP contribution in [0.5, 0.6) is 5.75 Å². The fourth-order valence-corrected chi connectivity index (χ4v) is 4.10. The number of nitrogens with zero attached hydrogens (tertiary/aromatic N) is 1.